The van der Waals surface area contributed by atoms with Crippen LogP contribution in [0.2, 0.25) is 0 Å². The highest BCUT2D eigenvalue weighted by atomic mass is 16.1. The third kappa shape index (κ3) is 2.91. The summed E-state index contributed by atoms with van der Waals surface area (Å²) in [6.07, 6.45) is 3.66. The van der Waals surface area contributed by atoms with Crippen LogP contribution in [-0.2, 0) is 0 Å². The number of piperidine rings is 1. The van der Waals surface area contributed by atoms with Gasteiger partial charge in [-0.3, -0.25) is 9.69 Å². The lowest BCUT2D eigenvalue weighted by Gasteiger charge is -2.38. The van der Waals surface area contributed by atoms with Crippen molar-refractivity contribution in [2.45, 2.75) is 45.2 Å². The van der Waals surface area contributed by atoms with Crippen molar-refractivity contribution in [1.29, 1.82) is 0 Å². The van der Waals surface area contributed by atoms with Crippen LogP contribution in [0.1, 0.15) is 43.5 Å². The minimum absolute atomic E-state index is 0.190. The van der Waals surface area contributed by atoms with Crippen molar-refractivity contribution in [2.24, 2.45) is 0 Å². The molecule has 1 aliphatic rings. The molecule has 0 radical (unpaired) electrons. The molecule has 0 saturated carbocycles. The molecular weight excluding hydrogens is 224 g/mol. The predicted molar refractivity (Wildman–Crippen MR) is 74.7 cm³/mol. The molecule has 2 unspecified atom stereocenters. The molecule has 0 aromatic heterocycles. The lowest BCUT2D eigenvalue weighted by atomic mass is 9.96. The normalized spacial score (nSPS) is 25.0. The van der Waals surface area contributed by atoms with Gasteiger partial charge < -0.3 is 5.73 Å². The minimum Gasteiger partial charge on any atom is -0.399 e. The average molecular weight is 246 g/mol. The molecule has 0 amide bonds. The molecule has 18 heavy (non-hydrogen) atoms. The topological polar surface area (TPSA) is 46.3 Å². The van der Waals surface area contributed by atoms with Gasteiger partial charge in [-0.25, -0.2) is 0 Å². The third-order valence-electron chi connectivity index (χ3n) is 3.93. The number of hydrogen-bond donors (Lipinski definition) is 1. The predicted octanol–water partition coefficient (Wildman–Crippen LogP) is 2.71. The number of ketones is 1. The maximum Gasteiger partial charge on any atom is 0.176 e. The molecule has 1 aliphatic heterocycles. The highest BCUT2D eigenvalue weighted by molar-refractivity contribution is 5.97. The summed E-state index contributed by atoms with van der Waals surface area (Å²) >= 11 is 0. The second kappa shape index (κ2) is 5.53. The van der Waals surface area contributed by atoms with Crippen molar-refractivity contribution in [2.75, 3.05) is 12.3 Å². The van der Waals surface area contributed by atoms with Crippen molar-refractivity contribution in [1.82, 2.24) is 4.90 Å². The lowest BCUT2D eigenvalue weighted by Crippen LogP contribution is -2.46. The summed E-state index contributed by atoms with van der Waals surface area (Å²) in [5, 5.41) is 0. The molecule has 0 bridgehead atoms. The van der Waals surface area contributed by atoms with Crippen LogP contribution < -0.4 is 5.73 Å². The summed E-state index contributed by atoms with van der Waals surface area (Å²) in [6.45, 7) is 4.95. The number of nitrogens with two attached hydrogens (primary N) is 1. The SMILES string of the molecule is CC1CCCC(C)N1CC(=O)c1ccc(N)cc1. The van der Waals surface area contributed by atoms with E-state index in [2.05, 4.69) is 18.7 Å². The lowest BCUT2D eigenvalue weighted by molar-refractivity contribution is 0.0734. The molecular formula is C15H22N2O. The maximum absolute atomic E-state index is 12.2. The van der Waals surface area contributed by atoms with Gasteiger partial charge in [-0.15, -0.1) is 0 Å². The Morgan fingerprint density at radius 1 is 1.22 bits per heavy atom. The first-order chi connectivity index (χ1) is 8.58. The van der Waals surface area contributed by atoms with E-state index in [1.807, 2.05) is 12.1 Å². The molecule has 2 N–H and O–H groups in total. The number of nitrogen functional groups attached to an aromatic ring is 1. The van der Waals surface area contributed by atoms with Gasteiger partial charge in [0, 0.05) is 23.3 Å². The zero-order chi connectivity index (χ0) is 13.1. The molecule has 3 nitrogen and oxygen atoms in total. The number of anilines is 1. The molecule has 1 aromatic carbocycles. The van der Waals surface area contributed by atoms with E-state index in [-0.39, 0.29) is 5.78 Å². The highest BCUT2D eigenvalue weighted by Gasteiger charge is 2.26. The van der Waals surface area contributed by atoms with Gasteiger partial charge in [0.05, 0.1) is 6.54 Å². The summed E-state index contributed by atoms with van der Waals surface area (Å²) in [5.41, 5.74) is 7.09. The molecule has 1 heterocycles. The average Bonchev–Trinajstić information content (AvgIpc) is 2.34. The highest BCUT2D eigenvalue weighted by Crippen LogP contribution is 2.22. The molecule has 2 atom stereocenters. The van der Waals surface area contributed by atoms with Crippen LogP contribution in [0.3, 0.4) is 0 Å². The Bertz CT molecular complexity index is 403. The number of carbonyl (C=O) groups excluding carboxylic acids is 1. The summed E-state index contributed by atoms with van der Waals surface area (Å²) in [7, 11) is 0. The van der Waals surface area contributed by atoms with Crippen molar-refractivity contribution in [3.8, 4) is 0 Å². The van der Waals surface area contributed by atoms with E-state index >= 15 is 0 Å². The fraction of sp³-hybridized carbons (Fsp3) is 0.533. The van der Waals surface area contributed by atoms with Crippen molar-refractivity contribution >= 4 is 11.5 Å². The van der Waals surface area contributed by atoms with Gasteiger partial charge in [0.25, 0.3) is 0 Å². The van der Waals surface area contributed by atoms with Gasteiger partial charge in [0.1, 0.15) is 0 Å². The monoisotopic (exact) mass is 246 g/mol. The Labute approximate surface area is 109 Å². The number of carbonyl (C=O) groups is 1. The number of benzene rings is 1. The zero-order valence-corrected chi connectivity index (χ0v) is 11.2. The van der Waals surface area contributed by atoms with E-state index in [0.29, 0.717) is 24.3 Å². The first-order valence-corrected chi connectivity index (χ1v) is 6.72. The molecule has 0 spiro atoms. The number of hydrogen-bond acceptors (Lipinski definition) is 3. The fourth-order valence-corrected chi connectivity index (χ4v) is 2.71. The van der Waals surface area contributed by atoms with E-state index in [1.54, 1.807) is 12.1 Å². The Morgan fingerprint density at radius 3 is 2.33 bits per heavy atom. The molecule has 98 valence electrons. The van der Waals surface area contributed by atoms with Crippen LogP contribution in [0.4, 0.5) is 5.69 Å². The van der Waals surface area contributed by atoms with Crippen molar-refractivity contribution in [3.05, 3.63) is 29.8 Å². The molecule has 0 aliphatic carbocycles. The van der Waals surface area contributed by atoms with Crippen LogP contribution in [-0.4, -0.2) is 29.3 Å². The van der Waals surface area contributed by atoms with Crippen LogP contribution in [0.5, 0.6) is 0 Å². The molecule has 1 fully saturated rings. The summed E-state index contributed by atoms with van der Waals surface area (Å²) < 4.78 is 0. The Balaban J connectivity index is 2.04. The fourth-order valence-electron chi connectivity index (χ4n) is 2.71. The Kier molecular flexibility index (Phi) is 4.02. The summed E-state index contributed by atoms with van der Waals surface area (Å²) in [5.74, 6) is 0.190. The first kappa shape index (κ1) is 13.1. The second-order valence-electron chi connectivity index (χ2n) is 5.35. The van der Waals surface area contributed by atoms with E-state index in [0.717, 1.165) is 5.56 Å². The van der Waals surface area contributed by atoms with Crippen LogP contribution >= 0.6 is 0 Å². The molecule has 1 saturated heterocycles. The van der Waals surface area contributed by atoms with Crippen molar-refractivity contribution < 1.29 is 4.79 Å². The van der Waals surface area contributed by atoms with Gasteiger partial charge >= 0.3 is 0 Å². The first-order valence-electron chi connectivity index (χ1n) is 6.72. The van der Waals surface area contributed by atoms with Crippen LogP contribution in [0, 0.1) is 0 Å². The van der Waals surface area contributed by atoms with E-state index < -0.39 is 0 Å². The van der Waals surface area contributed by atoms with Gasteiger partial charge in [0.2, 0.25) is 0 Å². The zero-order valence-electron chi connectivity index (χ0n) is 11.2. The Hall–Kier alpha value is -1.35. The smallest absolute Gasteiger partial charge is 0.176 e. The molecule has 2 rings (SSSR count). The third-order valence-corrected chi connectivity index (χ3v) is 3.93. The largest absolute Gasteiger partial charge is 0.399 e. The maximum atomic E-state index is 12.2. The summed E-state index contributed by atoms with van der Waals surface area (Å²) in [6, 6.07) is 8.22. The van der Waals surface area contributed by atoms with Gasteiger partial charge in [-0.1, -0.05) is 6.42 Å². The van der Waals surface area contributed by atoms with E-state index in [4.69, 9.17) is 5.73 Å². The van der Waals surface area contributed by atoms with Crippen LogP contribution in [0.15, 0.2) is 24.3 Å². The number of rotatable bonds is 3. The van der Waals surface area contributed by atoms with Gasteiger partial charge in [0.15, 0.2) is 5.78 Å². The number of likely N-dealkylation sites (tertiary alicyclic amines) is 1. The Morgan fingerprint density at radius 2 is 1.78 bits per heavy atom. The molecule has 3 heteroatoms. The summed E-state index contributed by atoms with van der Waals surface area (Å²) in [4.78, 5) is 14.6. The molecule has 1 aromatic rings. The number of Topliss-reactive ketones (excluding diaryl/α,β-unsaturated/α-hetero) is 1. The second-order valence-corrected chi connectivity index (χ2v) is 5.35. The standard InChI is InChI=1S/C15H22N2O/c1-11-4-3-5-12(2)17(11)10-15(18)13-6-8-14(16)9-7-13/h6-9,11-12H,3-5,10,16H2,1-2H3. The van der Waals surface area contributed by atoms with Gasteiger partial charge in [-0.05, 0) is 51.0 Å². The van der Waals surface area contributed by atoms with Crippen molar-refractivity contribution in [3.63, 3.8) is 0 Å². The van der Waals surface area contributed by atoms with E-state index in [1.165, 1.54) is 19.3 Å². The van der Waals surface area contributed by atoms with E-state index in [9.17, 15) is 4.79 Å². The number of nitrogens with zero attached hydrogens (tertiary/aromatic N) is 1. The van der Waals surface area contributed by atoms with Crippen LogP contribution in [0.25, 0.3) is 0 Å². The van der Waals surface area contributed by atoms with Gasteiger partial charge in [-0.2, -0.15) is 0 Å². The minimum atomic E-state index is 0.190. The quantitative estimate of drug-likeness (QED) is 0.659.